The number of anilines is 1. The van der Waals surface area contributed by atoms with Gasteiger partial charge in [0.1, 0.15) is 0 Å². The van der Waals surface area contributed by atoms with Crippen molar-refractivity contribution >= 4 is 32.4 Å². The number of hydrogen-bond donors (Lipinski definition) is 1. The highest BCUT2D eigenvalue weighted by Gasteiger charge is 2.22. The number of nitrogen functional groups attached to an aromatic ring is 1. The molecule has 0 atom stereocenters. The van der Waals surface area contributed by atoms with Gasteiger partial charge >= 0.3 is 0 Å². The van der Waals surface area contributed by atoms with Gasteiger partial charge in [-0.1, -0.05) is 48.8 Å². The van der Waals surface area contributed by atoms with Crippen LogP contribution in [-0.2, 0) is 11.8 Å². The summed E-state index contributed by atoms with van der Waals surface area (Å²) in [6, 6.07) is 8.37. The van der Waals surface area contributed by atoms with E-state index in [1.807, 2.05) is 6.07 Å². The molecule has 4 heteroatoms. The van der Waals surface area contributed by atoms with Crippen molar-refractivity contribution in [2.45, 2.75) is 32.6 Å². The van der Waals surface area contributed by atoms with E-state index in [1.165, 1.54) is 10.4 Å². The molecular weight excluding hydrogens is 308 g/mol. The van der Waals surface area contributed by atoms with E-state index in [-0.39, 0.29) is 5.41 Å². The fourth-order valence-electron chi connectivity index (χ4n) is 1.91. The Labute approximate surface area is 120 Å². The second kappa shape index (κ2) is 5.02. The number of aromatic nitrogens is 1. The molecule has 1 aromatic carbocycles. The highest BCUT2D eigenvalue weighted by molar-refractivity contribution is 9.10. The van der Waals surface area contributed by atoms with E-state index >= 15 is 0 Å². The maximum absolute atomic E-state index is 5.86. The monoisotopic (exact) mass is 324 g/mol. The van der Waals surface area contributed by atoms with Crippen LogP contribution in [-0.4, -0.2) is 4.98 Å². The third kappa shape index (κ3) is 3.12. The minimum absolute atomic E-state index is 0.0372. The molecule has 0 radical (unpaired) electrons. The zero-order valence-corrected chi connectivity index (χ0v) is 13.2. The van der Waals surface area contributed by atoms with E-state index in [0.29, 0.717) is 5.13 Å². The fraction of sp³-hybridized carbons (Fsp3) is 0.357. The Morgan fingerprint density at radius 1 is 1.33 bits per heavy atom. The highest BCUT2D eigenvalue weighted by Crippen LogP contribution is 2.32. The SMILES string of the molecule is CC(C)(C)c1nc(N)sc1Cc1cccc(Br)c1. The molecule has 18 heavy (non-hydrogen) atoms. The molecule has 0 aliphatic rings. The molecule has 0 bridgehead atoms. The molecule has 0 fully saturated rings. The number of nitrogens with two attached hydrogens (primary N) is 1. The third-order valence-electron chi connectivity index (χ3n) is 2.68. The Balaban J connectivity index is 2.35. The first-order valence-corrected chi connectivity index (χ1v) is 7.47. The average molecular weight is 325 g/mol. The highest BCUT2D eigenvalue weighted by atomic mass is 79.9. The van der Waals surface area contributed by atoms with Gasteiger partial charge in [0.25, 0.3) is 0 Å². The van der Waals surface area contributed by atoms with Crippen LogP contribution in [0.15, 0.2) is 28.7 Å². The summed E-state index contributed by atoms with van der Waals surface area (Å²) in [6.45, 7) is 6.52. The molecule has 96 valence electrons. The minimum atomic E-state index is 0.0372. The van der Waals surface area contributed by atoms with Crippen molar-refractivity contribution in [3.05, 3.63) is 44.9 Å². The van der Waals surface area contributed by atoms with Gasteiger partial charge < -0.3 is 5.73 Å². The maximum atomic E-state index is 5.86. The van der Waals surface area contributed by atoms with Crippen LogP contribution in [0.5, 0.6) is 0 Å². The van der Waals surface area contributed by atoms with Crippen LogP contribution in [0.4, 0.5) is 5.13 Å². The first-order valence-electron chi connectivity index (χ1n) is 5.86. The van der Waals surface area contributed by atoms with Crippen molar-refractivity contribution in [3.8, 4) is 0 Å². The smallest absolute Gasteiger partial charge is 0.180 e. The Hall–Kier alpha value is -0.870. The minimum Gasteiger partial charge on any atom is -0.375 e. The van der Waals surface area contributed by atoms with E-state index in [0.717, 1.165) is 16.6 Å². The Kier molecular flexibility index (Phi) is 3.78. The first-order chi connectivity index (χ1) is 8.36. The van der Waals surface area contributed by atoms with Gasteiger partial charge in [-0.3, -0.25) is 0 Å². The molecule has 2 aromatic rings. The topological polar surface area (TPSA) is 38.9 Å². The van der Waals surface area contributed by atoms with Crippen LogP contribution in [0, 0.1) is 0 Å². The van der Waals surface area contributed by atoms with Gasteiger partial charge in [0.15, 0.2) is 5.13 Å². The Bertz CT molecular complexity index is 555. The molecule has 0 unspecified atom stereocenters. The van der Waals surface area contributed by atoms with E-state index < -0.39 is 0 Å². The molecule has 0 saturated heterocycles. The molecule has 2 nitrogen and oxygen atoms in total. The lowest BCUT2D eigenvalue weighted by molar-refractivity contribution is 0.568. The fourth-order valence-corrected chi connectivity index (χ4v) is 3.43. The largest absolute Gasteiger partial charge is 0.375 e. The molecule has 0 aliphatic carbocycles. The lowest BCUT2D eigenvalue weighted by atomic mass is 9.90. The summed E-state index contributed by atoms with van der Waals surface area (Å²) in [6.07, 6.45) is 0.890. The molecule has 1 heterocycles. The molecule has 0 spiro atoms. The molecule has 2 rings (SSSR count). The molecule has 0 saturated carbocycles. The average Bonchev–Trinajstić information content (AvgIpc) is 2.59. The van der Waals surface area contributed by atoms with Crippen LogP contribution in [0.3, 0.4) is 0 Å². The van der Waals surface area contributed by atoms with Gasteiger partial charge in [0, 0.05) is 21.2 Å². The van der Waals surface area contributed by atoms with Gasteiger partial charge in [-0.2, -0.15) is 0 Å². The van der Waals surface area contributed by atoms with Gasteiger partial charge in [-0.25, -0.2) is 4.98 Å². The number of hydrogen-bond acceptors (Lipinski definition) is 3. The standard InChI is InChI=1S/C14H17BrN2S/c1-14(2,3)12-11(18-13(16)17-12)8-9-5-4-6-10(15)7-9/h4-7H,8H2,1-3H3,(H2,16,17). The van der Waals surface area contributed by atoms with E-state index in [2.05, 4.69) is 59.9 Å². The quantitative estimate of drug-likeness (QED) is 0.890. The summed E-state index contributed by atoms with van der Waals surface area (Å²) in [5.41, 5.74) is 8.29. The second-order valence-corrected chi connectivity index (χ2v) is 7.41. The van der Waals surface area contributed by atoms with E-state index in [4.69, 9.17) is 5.73 Å². The Morgan fingerprint density at radius 3 is 2.67 bits per heavy atom. The summed E-state index contributed by atoms with van der Waals surface area (Å²) >= 11 is 5.10. The van der Waals surface area contributed by atoms with Gasteiger partial charge in [-0.05, 0) is 17.7 Å². The molecule has 0 aliphatic heterocycles. The van der Waals surface area contributed by atoms with Crippen molar-refractivity contribution in [1.82, 2.24) is 4.98 Å². The molecule has 1 aromatic heterocycles. The molecule has 0 amide bonds. The molecular formula is C14H17BrN2S. The predicted molar refractivity (Wildman–Crippen MR) is 82.2 cm³/mol. The third-order valence-corrected chi connectivity index (χ3v) is 4.06. The van der Waals surface area contributed by atoms with Crippen molar-refractivity contribution < 1.29 is 0 Å². The van der Waals surface area contributed by atoms with Crippen LogP contribution in [0.2, 0.25) is 0 Å². The lowest BCUT2D eigenvalue weighted by Gasteiger charge is -2.17. The maximum Gasteiger partial charge on any atom is 0.180 e. The van der Waals surface area contributed by atoms with Crippen LogP contribution in [0.1, 0.15) is 36.9 Å². The normalized spacial score (nSPS) is 11.8. The summed E-state index contributed by atoms with van der Waals surface area (Å²) < 4.78 is 1.11. The number of nitrogens with zero attached hydrogens (tertiary/aromatic N) is 1. The van der Waals surface area contributed by atoms with E-state index in [9.17, 15) is 0 Å². The summed E-state index contributed by atoms with van der Waals surface area (Å²) in [5.74, 6) is 0. The van der Waals surface area contributed by atoms with Crippen LogP contribution in [0.25, 0.3) is 0 Å². The predicted octanol–water partition coefficient (Wildman–Crippen LogP) is 4.38. The van der Waals surface area contributed by atoms with Crippen LogP contribution < -0.4 is 5.73 Å². The zero-order valence-electron chi connectivity index (χ0n) is 10.8. The lowest BCUT2D eigenvalue weighted by Crippen LogP contribution is -2.14. The summed E-state index contributed by atoms with van der Waals surface area (Å²) in [5, 5.41) is 0.657. The first kappa shape index (κ1) is 13.6. The van der Waals surface area contributed by atoms with Gasteiger partial charge in [0.2, 0.25) is 0 Å². The second-order valence-electron chi connectivity index (χ2n) is 5.38. The van der Waals surface area contributed by atoms with Gasteiger partial charge in [0.05, 0.1) is 5.69 Å². The van der Waals surface area contributed by atoms with E-state index in [1.54, 1.807) is 11.3 Å². The zero-order chi connectivity index (χ0) is 13.3. The Morgan fingerprint density at radius 2 is 2.06 bits per heavy atom. The van der Waals surface area contributed by atoms with Crippen molar-refractivity contribution in [2.24, 2.45) is 0 Å². The van der Waals surface area contributed by atoms with Crippen LogP contribution >= 0.6 is 27.3 Å². The number of halogens is 1. The van der Waals surface area contributed by atoms with Gasteiger partial charge in [-0.15, -0.1) is 11.3 Å². The van der Waals surface area contributed by atoms with Crippen molar-refractivity contribution in [3.63, 3.8) is 0 Å². The van der Waals surface area contributed by atoms with Crippen molar-refractivity contribution in [1.29, 1.82) is 0 Å². The summed E-state index contributed by atoms with van der Waals surface area (Å²) in [4.78, 5) is 5.75. The molecule has 2 N–H and O–H groups in total. The number of rotatable bonds is 2. The summed E-state index contributed by atoms with van der Waals surface area (Å²) in [7, 11) is 0. The number of benzene rings is 1. The number of thiazole rings is 1. The van der Waals surface area contributed by atoms with Crippen molar-refractivity contribution in [2.75, 3.05) is 5.73 Å².